The van der Waals surface area contributed by atoms with E-state index < -0.39 is 29.8 Å². The zero-order valence-electron chi connectivity index (χ0n) is 16.6. The highest BCUT2D eigenvalue weighted by atomic mass is 19.4. The molecule has 0 atom stereocenters. The molecule has 3 rings (SSSR count). The molecule has 0 saturated heterocycles. The van der Waals surface area contributed by atoms with Crippen molar-refractivity contribution in [3.63, 3.8) is 0 Å². The molecule has 0 heterocycles. The Hall–Kier alpha value is -3.27. The predicted molar refractivity (Wildman–Crippen MR) is 104 cm³/mol. The van der Waals surface area contributed by atoms with Gasteiger partial charge < -0.3 is 25.2 Å². The highest BCUT2D eigenvalue weighted by molar-refractivity contribution is 5.94. The van der Waals surface area contributed by atoms with E-state index in [-0.39, 0.29) is 29.7 Å². The van der Waals surface area contributed by atoms with Crippen molar-refractivity contribution in [3.8, 4) is 17.2 Å². The number of benzene rings is 2. The molecule has 0 aromatic heterocycles. The summed E-state index contributed by atoms with van der Waals surface area (Å²) >= 11 is 0. The second kappa shape index (κ2) is 8.84. The Morgan fingerprint density at radius 3 is 2.29 bits per heavy atom. The van der Waals surface area contributed by atoms with Crippen molar-refractivity contribution >= 4 is 11.8 Å². The topological polar surface area (TPSA) is 96.9 Å². The molecule has 1 saturated carbocycles. The van der Waals surface area contributed by atoms with Gasteiger partial charge in [-0.2, -0.15) is 13.2 Å². The summed E-state index contributed by atoms with van der Waals surface area (Å²) < 4.78 is 50.1. The van der Waals surface area contributed by atoms with Gasteiger partial charge in [0.1, 0.15) is 35.0 Å². The number of amides is 2. The average Bonchev–Trinajstić information content (AvgIpc) is 3.53. The van der Waals surface area contributed by atoms with E-state index in [0.29, 0.717) is 18.4 Å². The molecule has 1 fully saturated rings. The fraction of sp³-hybridized carbons (Fsp3) is 0.333. The van der Waals surface area contributed by atoms with Crippen molar-refractivity contribution in [1.82, 2.24) is 10.6 Å². The summed E-state index contributed by atoms with van der Waals surface area (Å²) in [6.45, 7) is -0.535. The summed E-state index contributed by atoms with van der Waals surface area (Å²) in [5, 5.41) is 14.0. The van der Waals surface area contributed by atoms with Gasteiger partial charge in [-0.25, -0.2) is 0 Å². The van der Waals surface area contributed by atoms with Gasteiger partial charge in [-0.05, 0) is 48.7 Å². The van der Waals surface area contributed by atoms with E-state index in [4.69, 9.17) is 14.6 Å². The largest absolute Gasteiger partial charge is 0.497 e. The maximum absolute atomic E-state index is 13.3. The first-order chi connectivity index (χ1) is 14.7. The minimum Gasteiger partial charge on any atom is -0.497 e. The average molecular weight is 438 g/mol. The lowest BCUT2D eigenvalue weighted by Crippen LogP contribution is -2.49. The summed E-state index contributed by atoms with van der Waals surface area (Å²) in [5.41, 5.74) is -1.25. The number of aliphatic hydroxyl groups excluding tert-OH is 1. The van der Waals surface area contributed by atoms with Gasteiger partial charge in [0.15, 0.2) is 0 Å². The molecule has 7 nitrogen and oxygen atoms in total. The minimum atomic E-state index is -4.61. The molecule has 1 aliphatic carbocycles. The summed E-state index contributed by atoms with van der Waals surface area (Å²) in [4.78, 5) is 23.6. The third kappa shape index (κ3) is 5.46. The third-order valence-corrected chi connectivity index (χ3v) is 4.80. The maximum Gasteiger partial charge on any atom is 0.420 e. The van der Waals surface area contributed by atoms with E-state index in [2.05, 4.69) is 10.6 Å². The van der Waals surface area contributed by atoms with Crippen LogP contribution in [-0.4, -0.2) is 36.2 Å². The van der Waals surface area contributed by atoms with Gasteiger partial charge >= 0.3 is 6.18 Å². The summed E-state index contributed by atoms with van der Waals surface area (Å²) in [6.07, 6.45) is -3.64. The Kier molecular flexibility index (Phi) is 6.40. The molecule has 0 aliphatic heterocycles. The van der Waals surface area contributed by atoms with Crippen LogP contribution in [0.25, 0.3) is 0 Å². The van der Waals surface area contributed by atoms with Crippen molar-refractivity contribution in [2.45, 2.75) is 31.1 Å². The number of methoxy groups -OCH3 is 1. The normalized spacial score (nSPS) is 14.5. The Morgan fingerprint density at radius 1 is 1.10 bits per heavy atom. The lowest BCUT2D eigenvalue weighted by molar-refractivity contribution is -0.138. The molecule has 1 aliphatic rings. The number of aliphatic hydroxyl groups is 1. The first kappa shape index (κ1) is 22.4. The van der Waals surface area contributed by atoms with Crippen LogP contribution in [0.2, 0.25) is 0 Å². The van der Waals surface area contributed by atoms with Crippen LogP contribution in [-0.2, 0) is 22.3 Å². The molecule has 2 aromatic rings. The van der Waals surface area contributed by atoms with E-state index in [1.165, 1.54) is 31.4 Å². The second-order valence-corrected chi connectivity index (χ2v) is 7.08. The molecule has 2 amide bonds. The number of nitrogens with one attached hydrogen (secondary N) is 2. The molecular weight excluding hydrogens is 417 g/mol. The van der Waals surface area contributed by atoms with E-state index in [1.807, 2.05) is 0 Å². The second-order valence-electron chi connectivity index (χ2n) is 7.08. The SMILES string of the molecule is COc1ccc(Oc2ccc(CNC(=O)C3(NC(=O)CO)CC3)cc2)c(C(F)(F)F)c1. The van der Waals surface area contributed by atoms with Crippen molar-refractivity contribution in [2.75, 3.05) is 13.7 Å². The van der Waals surface area contributed by atoms with Gasteiger partial charge in [0.2, 0.25) is 11.8 Å². The fourth-order valence-corrected chi connectivity index (χ4v) is 2.94. The Morgan fingerprint density at radius 2 is 1.74 bits per heavy atom. The Bertz CT molecular complexity index is 956. The number of carbonyl (C=O) groups excluding carboxylic acids is 2. The zero-order chi connectivity index (χ0) is 22.6. The van der Waals surface area contributed by atoms with Crippen LogP contribution in [0.3, 0.4) is 0 Å². The number of hydrogen-bond acceptors (Lipinski definition) is 5. The highest BCUT2D eigenvalue weighted by Crippen LogP contribution is 2.40. The number of carbonyl (C=O) groups is 2. The van der Waals surface area contributed by atoms with E-state index in [1.54, 1.807) is 12.1 Å². The molecule has 0 bridgehead atoms. The standard InChI is InChI=1S/C21H21F3N2O5/c1-30-15-6-7-17(16(10-15)21(22,23)24)31-14-4-2-13(3-5-14)11-25-19(29)20(8-9-20)26-18(28)12-27/h2-7,10,27H,8-9,11-12H2,1H3,(H,25,29)(H,26,28). The first-order valence-electron chi connectivity index (χ1n) is 9.39. The van der Waals surface area contributed by atoms with E-state index in [9.17, 15) is 22.8 Å². The highest BCUT2D eigenvalue weighted by Gasteiger charge is 2.50. The third-order valence-electron chi connectivity index (χ3n) is 4.80. The smallest absolute Gasteiger partial charge is 0.420 e. The predicted octanol–water partition coefficient (Wildman–Crippen LogP) is 2.76. The van der Waals surface area contributed by atoms with Crippen LogP contribution in [0.15, 0.2) is 42.5 Å². The molecule has 3 N–H and O–H groups in total. The van der Waals surface area contributed by atoms with Crippen molar-refractivity contribution < 1.29 is 37.3 Å². The summed E-state index contributed by atoms with van der Waals surface area (Å²) in [6, 6.07) is 9.63. The zero-order valence-corrected chi connectivity index (χ0v) is 16.6. The van der Waals surface area contributed by atoms with Crippen molar-refractivity contribution in [2.24, 2.45) is 0 Å². The van der Waals surface area contributed by atoms with Crippen LogP contribution < -0.4 is 20.1 Å². The maximum atomic E-state index is 13.3. The van der Waals surface area contributed by atoms with Crippen LogP contribution in [0.5, 0.6) is 17.2 Å². The quantitative estimate of drug-likeness (QED) is 0.589. The molecule has 31 heavy (non-hydrogen) atoms. The lowest BCUT2D eigenvalue weighted by atomic mass is 10.1. The van der Waals surface area contributed by atoms with Crippen LogP contribution in [0.4, 0.5) is 13.2 Å². The minimum absolute atomic E-state index is 0.0642. The van der Waals surface area contributed by atoms with Gasteiger partial charge in [-0.1, -0.05) is 12.1 Å². The molecule has 10 heteroatoms. The van der Waals surface area contributed by atoms with Crippen LogP contribution >= 0.6 is 0 Å². The number of rotatable bonds is 8. The number of ether oxygens (including phenoxy) is 2. The molecular formula is C21H21F3N2O5. The molecule has 166 valence electrons. The summed E-state index contributed by atoms with van der Waals surface area (Å²) in [5.74, 6) is -1.08. The Balaban J connectivity index is 1.63. The van der Waals surface area contributed by atoms with Gasteiger partial charge in [0.25, 0.3) is 0 Å². The molecule has 0 spiro atoms. The number of halogens is 3. The number of hydrogen-bond donors (Lipinski definition) is 3. The number of alkyl halides is 3. The fourth-order valence-electron chi connectivity index (χ4n) is 2.94. The van der Waals surface area contributed by atoms with E-state index >= 15 is 0 Å². The molecule has 0 radical (unpaired) electrons. The molecule has 2 aromatic carbocycles. The van der Waals surface area contributed by atoms with Gasteiger partial charge in [0.05, 0.1) is 7.11 Å². The first-order valence-corrected chi connectivity index (χ1v) is 9.39. The van der Waals surface area contributed by atoms with Gasteiger partial charge in [-0.15, -0.1) is 0 Å². The summed E-state index contributed by atoms with van der Waals surface area (Å²) in [7, 11) is 1.28. The molecule has 0 unspecified atom stereocenters. The van der Waals surface area contributed by atoms with E-state index in [0.717, 1.165) is 6.07 Å². The van der Waals surface area contributed by atoms with Crippen molar-refractivity contribution in [3.05, 3.63) is 53.6 Å². The Labute approximate surface area is 176 Å². The van der Waals surface area contributed by atoms with Crippen molar-refractivity contribution in [1.29, 1.82) is 0 Å². The van der Waals surface area contributed by atoms with Crippen LogP contribution in [0, 0.1) is 0 Å². The monoisotopic (exact) mass is 438 g/mol. The lowest BCUT2D eigenvalue weighted by Gasteiger charge is -2.17. The van der Waals surface area contributed by atoms with Gasteiger partial charge in [0, 0.05) is 6.54 Å². The van der Waals surface area contributed by atoms with Crippen LogP contribution in [0.1, 0.15) is 24.0 Å². The van der Waals surface area contributed by atoms with Gasteiger partial charge in [-0.3, -0.25) is 9.59 Å².